The molecule has 1 aliphatic rings. The van der Waals surface area contributed by atoms with Crippen LogP contribution in [0.25, 0.3) is 0 Å². The number of nitrogens with zero attached hydrogens (tertiary/aromatic N) is 4. The summed E-state index contributed by atoms with van der Waals surface area (Å²) >= 11 is 0. The Morgan fingerprint density at radius 1 is 1.36 bits per heavy atom. The van der Waals surface area contributed by atoms with Crippen LogP contribution in [0.4, 0.5) is 4.79 Å². The number of rotatable bonds is 5. The van der Waals surface area contributed by atoms with Crippen LogP contribution in [0.15, 0.2) is 36.8 Å². The van der Waals surface area contributed by atoms with Gasteiger partial charge >= 0.3 is 6.09 Å². The normalized spacial score (nSPS) is 16.8. The molecule has 0 bridgehead atoms. The fourth-order valence-corrected chi connectivity index (χ4v) is 3.19. The molecule has 1 amide bonds. The van der Waals surface area contributed by atoms with E-state index in [1.165, 1.54) is 0 Å². The highest BCUT2D eigenvalue weighted by molar-refractivity contribution is 5.68. The van der Waals surface area contributed by atoms with Crippen LogP contribution in [0.3, 0.4) is 0 Å². The number of carbonyl (C=O) groups excluding carboxylic acids is 1. The molecule has 1 aromatic carbocycles. The maximum absolute atomic E-state index is 12.2. The first-order valence-corrected chi connectivity index (χ1v) is 9.53. The van der Waals surface area contributed by atoms with Crippen molar-refractivity contribution < 1.29 is 9.53 Å². The highest BCUT2D eigenvalue weighted by Gasteiger charge is 2.29. The summed E-state index contributed by atoms with van der Waals surface area (Å²) < 4.78 is 7.54. The van der Waals surface area contributed by atoms with Gasteiger partial charge in [-0.15, -0.1) is 0 Å². The number of likely N-dealkylation sites (tertiary alicyclic amines) is 1. The molecule has 28 heavy (non-hydrogen) atoms. The van der Waals surface area contributed by atoms with Crippen molar-refractivity contribution in [3.8, 4) is 6.07 Å². The number of hydrogen-bond donors (Lipinski definition) is 1. The Kier molecular flexibility index (Phi) is 6.00. The van der Waals surface area contributed by atoms with Crippen LogP contribution in [0.1, 0.15) is 44.0 Å². The zero-order chi connectivity index (χ0) is 20.1. The smallest absolute Gasteiger partial charge is 0.410 e. The Labute approximate surface area is 165 Å². The van der Waals surface area contributed by atoms with E-state index in [2.05, 4.69) is 20.9 Å². The lowest BCUT2D eigenvalue weighted by molar-refractivity contribution is 0.0291. The third-order valence-electron chi connectivity index (χ3n) is 4.65. The number of aromatic nitrogens is 2. The average molecular weight is 381 g/mol. The predicted octanol–water partition coefficient (Wildman–Crippen LogP) is 2.90. The van der Waals surface area contributed by atoms with Gasteiger partial charge in [-0.3, -0.25) is 0 Å². The van der Waals surface area contributed by atoms with Gasteiger partial charge < -0.3 is 19.5 Å². The third-order valence-corrected chi connectivity index (χ3v) is 4.65. The molecule has 1 aliphatic heterocycles. The van der Waals surface area contributed by atoms with E-state index < -0.39 is 5.60 Å². The first-order chi connectivity index (χ1) is 13.3. The van der Waals surface area contributed by atoms with Gasteiger partial charge in [-0.25, -0.2) is 9.78 Å². The molecule has 0 unspecified atom stereocenters. The molecule has 2 aromatic rings. The van der Waals surface area contributed by atoms with Crippen molar-refractivity contribution in [2.75, 3.05) is 13.1 Å². The zero-order valence-electron chi connectivity index (χ0n) is 16.7. The second-order valence-corrected chi connectivity index (χ2v) is 8.11. The van der Waals surface area contributed by atoms with Gasteiger partial charge in [0.25, 0.3) is 0 Å². The summed E-state index contributed by atoms with van der Waals surface area (Å²) in [5.74, 6) is 0. The van der Waals surface area contributed by atoms with Crippen LogP contribution in [0.2, 0.25) is 0 Å². The fourth-order valence-electron chi connectivity index (χ4n) is 3.19. The summed E-state index contributed by atoms with van der Waals surface area (Å²) in [6.07, 6.45) is 4.33. The first-order valence-electron chi connectivity index (χ1n) is 9.53. The third kappa shape index (κ3) is 5.33. The summed E-state index contributed by atoms with van der Waals surface area (Å²) in [7, 11) is 0. The summed E-state index contributed by atoms with van der Waals surface area (Å²) in [4.78, 5) is 18.2. The molecule has 7 heteroatoms. The van der Waals surface area contributed by atoms with Crippen molar-refractivity contribution in [1.29, 1.82) is 5.26 Å². The van der Waals surface area contributed by atoms with E-state index in [1.807, 2.05) is 57.6 Å². The summed E-state index contributed by atoms with van der Waals surface area (Å²) in [5.41, 5.74) is 2.39. The van der Waals surface area contributed by atoms with Crippen molar-refractivity contribution in [3.63, 3.8) is 0 Å². The van der Waals surface area contributed by atoms with Crippen molar-refractivity contribution in [2.45, 2.75) is 51.9 Å². The average Bonchev–Trinajstić information content (AvgIpc) is 3.28. The largest absolute Gasteiger partial charge is 0.444 e. The number of amides is 1. The molecule has 1 N–H and O–H groups in total. The molecule has 148 valence electrons. The number of carbonyl (C=O) groups is 1. The highest BCUT2D eigenvalue weighted by Crippen LogP contribution is 2.16. The van der Waals surface area contributed by atoms with E-state index in [1.54, 1.807) is 4.90 Å². The molecule has 0 aliphatic carbocycles. The molecular formula is C21H27N5O2. The number of benzene rings is 1. The SMILES string of the molecule is CC(C)(C)OC(=O)N1CC[C@H](NCc2cncn2Cc2ccc(C#N)cc2)C1. The fraction of sp³-hybridized carbons (Fsp3) is 0.476. The summed E-state index contributed by atoms with van der Waals surface area (Å²) in [5, 5.41) is 12.4. The standard InChI is InChI=1S/C21H27N5O2/c1-21(2,3)28-20(27)25-9-8-18(14-25)24-12-19-11-23-15-26(19)13-17-6-4-16(10-22)5-7-17/h4-7,11,15,18,24H,8-9,12-14H2,1-3H3/t18-/m0/s1. The molecule has 1 atom stereocenters. The van der Waals surface area contributed by atoms with E-state index in [4.69, 9.17) is 10.00 Å². The van der Waals surface area contributed by atoms with E-state index in [0.717, 1.165) is 17.7 Å². The van der Waals surface area contributed by atoms with Gasteiger partial charge in [-0.05, 0) is 44.9 Å². The van der Waals surface area contributed by atoms with Gasteiger partial charge in [0.15, 0.2) is 0 Å². The van der Waals surface area contributed by atoms with Crippen LogP contribution >= 0.6 is 0 Å². The molecule has 3 rings (SSSR count). The number of imidazole rings is 1. The Balaban J connectivity index is 1.51. The first kappa shape index (κ1) is 19.9. The lowest BCUT2D eigenvalue weighted by Gasteiger charge is -2.24. The second kappa shape index (κ2) is 8.44. The van der Waals surface area contributed by atoms with Crippen molar-refractivity contribution in [1.82, 2.24) is 19.8 Å². The quantitative estimate of drug-likeness (QED) is 0.861. The zero-order valence-corrected chi connectivity index (χ0v) is 16.7. The van der Waals surface area contributed by atoms with Gasteiger partial charge in [0.05, 0.1) is 23.7 Å². The molecule has 1 aromatic heterocycles. The van der Waals surface area contributed by atoms with Crippen LogP contribution in [0, 0.1) is 11.3 Å². The van der Waals surface area contributed by atoms with Crippen LogP contribution in [-0.4, -0.2) is 45.3 Å². The summed E-state index contributed by atoms with van der Waals surface area (Å²) in [6, 6.07) is 9.96. The van der Waals surface area contributed by atoms with E-state index in [9.17, 15) is 4.79 Å². The van der Waals surface area contributed by atoms with E-state index in [-0.39, 0.29) is 12.1 Å². The molecule has 0 saturated carbocycles. The molecular weight excluding hydrogens is 354 g/mol. The molecule has 7 nitrogen and oxygen atoms in total. The Morgan fingerprint density at radius 2 is 2.11 bits per heavy atom. The van der Waals surface area contributed by atoms with Crippen LogP contribution in [0.5, 0.6) is 0 Å². The van der Waals surface area contributed by atoms with Crippen molar-refractivity contribution in [3.05, 3.63) is 53.6 Å². The van der Waals surface area contributed by atoms with Crippen molar-refractivity contribution >= 4 is 6.09 Å². The Hall–Kier alpha value is -2.85. The lowest BCUT2D eigenvalue weighted by atomic mass is 10.1. The predicted molar refractivity (Wildman–Crippen MR) is 106 cm³/mol. The number of nitrogens with one attached hydrogen (secondary N) is 1. The highest BCUT2D eigenvalue weighted by atomic mass is 16.6. The minimum atomic E-state index is -0.472. The van der Waals surface area contributed by atoms with Gasteiger partial charge in [0.1, 0.15) is 5.60 Å². The van der Waals surface area contributed by atoms with Gasteiger partial charge in [0, 0.05) is 38.4 Å². The maximum Gasteiger partial charge on any atom is 0.410 e. The number of hydrogen-bond acceptors (Lipinski definition) is 5. The van der Waals surface area contributed by atoms with E-state index in [0.29, 0.717) is 31.7 Å². The van der Waals surface area contributed by atoms with Crippen molar-refractivity contribution in [2.24, 2.45) is 0 Å². The van der Waals surface area contributed by atoms with Gasteiger partial charge in [0.2, 0.25) is 0 Å². The Bertz CT molecular complexity index is 845. The van der Waals surface area contributed by atoms with Crippen LogP contribution < -0.4 is 5.32 Å². The minimum absolute atomic E-state index is 0.241. The van der Waals surface area contributed by atoms with Gasteiger partial charge in [-0.1, -0.05) is 12.1 Å². The Morgan fingerprint density at radius 3 is 2.79 bits per heavy atom. The number of nitriles is 1. The maximum atomic E-state index is 12.2. The monoisotopic (exact) mass is 381 g/mol. The number of ether oxygens (including phenoxy) is 1. The topological polar surface area (TPSA) is 83.2 Å². The molecule has 1 fully saturated rings. The lowest BCUT2D eigenvalue weighted by Crippen LogP contribution is -2.38. The molecule has 0 spiro atoms. The molecule has 1 saturated heterocycles. The van der Waals surface area contributed by atoms with E-state index >= 15 is 0 Å². The second-order valence-electron chi connectivity index (χ2n) is 8.11. The van der Waals surface area contributed by atoms with Gasteiger partial charge in [-0.2, -0.15) is 5.26 Å². The molecule has 2 heterocycles. The molecule has 0 radical (unpaired) electrons. The summed E-state index contributed by atoms with van der Waals surface area (Å²) in [6.45, 7) is 8.39. The van der Waals surface area contributed by atoms with Crippen LogP contribution in [-0.2, 0) is 17.8 Å². The minimum Gasteiger partial charge on any atom is -0.444 e.